The average Bonchev–Trinajstić information content (AvgIpc) is 3.03. The summed E-state index contributed by atoms with van der Waals surface area (Å²) < 4.78 is 30.8. The predicted octanol–water partition coefficient (Wildman–Crippen LogP) is 1.67. The summed E-state index contributed by atoms with van der Waals surface area (Å²) in [7, 11) is -3.14. The standard InChI is InChI=1S/C17H30N4O4S/c1-3-6-15-19-17(25-20-15)8-5-7-16(22)18-14-9-11-21(12-10-14)26(23,24)13-4-2/h14H,3-13H2,1-2H3,(H,18,22). The topological polar surface area (TPSA) is 105 Å². The molecule has 8 nitrogen and oxygen atoms in total. The summed E-state index contributed by atoms with van der Waals surface area (Å²) in [5, 5.41) is 6.90. The fourth-order valence-electron chi connectivity index (χ4n) is 3.08. The fraction of sp³-hybridized carbons (Fsp3) is 0.824. The molecule has 1 aromatic rings. The molecule has 0 aliphatic carbocycles. The summed E-state index contributed by atoms with van der Waals surface area (Å²) in [6.45, 7) is 4.89. The average molecular weight is 387 g/mol. The molecule has 0 spiro atoms. The Hall–Kier alpha value is -1.48. The lowest BCUT2D eigenvalue weighted by Gasteiger charge is -2.31. The molecule has 1 aliphatic rings. The van der Waals surface area contributed by atoms with E-state index in [1.807, 2.05) is 6.92 Å². The van der Waals surface area contributed by atoms with Crippen molar-refractivity contribution in [1.82, 2.24) is 19.8 Å². The third kappa shape index (κ3) is 6.35. The van der Waals surface area contributed by atoms with Crippen molar-refractivity contribution in [2.45, 2.75) is 71.3 Å². The number of piperidine rings is 1. The van der Waals surface area contributed by atoms with E-state index in [9.17, 15) is 13.2 Å². The van der Waals surface area contributed by atoms with Crippen LogP contribution in [0.5, 0.6) is 0 Å². The van der Waals surface area contributed by atoms with Gasteiger partial charge in [0.25, 0.3) is 0 Å². The molecule has 1 amide bonds. The highest BCUT2D eigenvalue weighted by Crippen LogP contribution is 2.15. The first-order valence-corrected chi connectivity index (χ1v) is 11.1. The van der Waals surface area contributed by atoms with Crippen molar-refractivity contribution in [2.24, 2.45) is 0 Å². The van der Waals surface area contributed by atoms with Gasteiger partial charge in [-0.25, -0.2) is 12.7 Å². The second kappa shape index (κ2) is 10.0. The van der Waals surface area contributed by atoms with Gasteiger partial charge in [-0.05, 0) is 32.1 Å². The molecule has 0 radical (unpaired) electrons. The maximum absolute atomic E-state index is 12.1. The summed E-state index contributed by atoms with van der Waals surface area (Å²) in [6.07, 6.45) is 5.38. The van der Waals surface area contributed by atoms with Crippen molar-refractivity contribution >= 4 is 15.9 Å². The molecule has 1 aromatic heterocycles. The molecule has 9 heteroatoms. The van der Waals surface area contributed by atoms with Crippen molar-refractivity contribution in [1.29, 1.82) is 0 Å². The van der Waals surface area contributed by atoms with Crippen molar-refractivity contribution in [2.75, 3.05) is 18.8 Å². The number of rotatable bonds is 10. The van der Waals surface area contributed by atoms with Crippen LogP contribution in [0.15, 0.2) is 4.52 Å². The molecule has 1 saturated heterocycles. The summed E-state index contributed by atoms with van der Waals surface area (Å²) in [4.78, 5) is 16.4. The van der Waals surface area contributed by atoms with Crippen LogP contribution in [-0.2, 0) is 27.7 Å². The number of carbonyl (C=O) groups excluding carboxylic acids is 1. The summed E-state index contributed by atoms with van der Waals surface area (Å²) >= 11 is 0. The molecule has 1 aliphatic heterocycles. The summed E-state index contributed by atoms with van der Waals surface area (Å²) in [6, 6.07) is 0.0511. The second-order valence-electron chi connectivity index (χ2n) is 6.76. The van der Waals surface area contributed by atoms with Crippen molar-refractivity contribution < 1.29 is 17.7 Å². The number of nitrogens with one attached hydrogen (secondary N) is 1. The Balaban J connectivity index is 1.66. The van der Waals surface area contributed by atoms with Crippen LogP contribution in [-0.4, -0.2) is 53.7 Å². The third-order valence-electron chi connectivity index (χ3n) is 4.45. The maximum atomic E-state index is 12.1. The normalized spacial score (nSPS) is 16.7. The van der Waals surface area contributed by atoms with Crippen molar-refractivity contribution in [3.8, 4) is 0 Å². The van der Waals surface area contributed by atoms with Gasteiger partial charge in [-0.3, -0.25) is 4.79 Å². The minimum atomic E-state index is -3.14. The highest BCUT2D eigenvalue weighted by Gasteiger charge is 2.27. The van der Waals surface area contributed by atoms with Crippen LogP contribution in [0.4, 0.5) is 0 Å². The van der Waals surface area contributed by atoms with Crippen LogP contribution >= 0.6 is 0 Å². The second-order valence-corrected chi connectivity index (χ2v) is 8.85. The number of aromatic nitrogens is 2. The molecule has 2 heterocycles. The lowest BCUT2D eigenvalue weighted by Crippen LogP contribution is -2.47. The smallest absolute Gasteiger partial charge is 0.226 e. The minimum Gasteiger partial charge on any atom is -0.353 e. The first-order chi connectivity index (χ1) is 12.4. The number of aryl methyl sites for hydroxylation is 2. The molecular formula is C17H30N4O4S. The van der Waals surface area contributed by atoms with Crippen LogP contribution in [0.2, 0.25) is 0 Å². The van der Waals surface area contributed by atoms with E-state index >= 15 is 0 Å². The molecular weight excluding hydrogens is 356 g/mol. The quantitative estimate of drug-likeness (QED) is 0.656. The van der Waals surface area contributed by atoms with Crippen LogP contribution in [0.1, 0.15) is 64.1 Å². The van der Waals surface area contributed by atoms with Gasteiger partial charge >= 0.3 is 0 Å². The van der Waals surface area contributed by atoms with Crippen LogP contribution in [0.3, 0.4) is 0 Å². The Morgan fingerprint density at radius 1 is 1.23 bits per heavy atom. The lowest BCUT2D eigenvalue weighted by atomic mass is 10.1. The van der Waals surface area contributed by atoms with E-state index in [1.165, 1.54) is 0 Å². The van der Waals surface area contributed by atoms with Gasteiger partial charge in [0.1, 0.15) is 0 Å². The summed E-state index contributed by atoms with van der Waals surface area (Å²) in [5.74, 6) is 1.49. The zero-order chi connectivity index (χ0) is 19.0. The molecule has 1 fully saturated rings. The van der Waals surface area contributed by atoms with Crippen LogP contribution < -0.4 is 5.32 Å². The number of hydrogen-bond donors (Lipinski definition) is 1. The molecule has 1 N–H and O–H groups in total. The molecule has 0 aromatic carbocycles. The Kier molecular flexibility index (Phi) is 8.02. The van der Waals surface area contributed by atoms with E-state index in [-0.39, 0.29) is 17.7 Å². The van der Waals surface area contributed by atoms with Gasteiger partial charge < -0.3 is 9.84 Å². The van der Waals surface area contributed by atoms with Crippen LogP contribution in [0, 0.1) is 0 Å². The number of sulfonamides is 1. The zero-order valence-electron chi connectivity index (χ0n) is 15.7. The van der Waals surface area contributed by atoms with Gasteiger partial charge in [0.05, 0.1) is 5.75 Å². The number of nitrogens with zero attached hydrogens (tertiary/aromatic N) is 3. The van der Waals surface area contributed by atoms with E-state index in [1.54, 1.807) is 4.31 Å². The van der Waals surface area contributed by atoms with Crippen molar-refractivity contribution in [3.63, 3.8) is 0 Å². The Morgan fingerprint density at radius 2 is 1.96 bits per heavy atom. The number of hydrogen-bond acceptors (Lipinski definition) is 6. The molecule has 0 atom stereocenters. The minimum absolute atomic E-state index is 0.00633. The molecule has 0 saturated carbocycles. The number of amides is 1. The maximum Gasteiger partial charge on any atom is 0.226 e. The Labute approximate surface area is 155 Å². The SMILES string of the molecule is CCCc1noc(CCCC(=O)NC2CCN(S(=O)(=O)CCC)CC2)n1. The van der Waals surface area contributed by atoms with Crippen molar-refractivity contribution in [3.05, 3.63) is 11.7 Å². The largest absolute Gasteiger partial charge is 0.353 e. The molecule has 0 unspecified atom stereocenters. The van der Waals surface area contributed by atoms with Gasteiger partial charge in [0.15, 0.2) is 5.82 Å². The highest BCUT2D eigenvalue weighted by atomic mass is 32.2. The van der Waals surface area contributed by atoms with Gasteiger partial charge in [0, 0.05) is 38.4 Å². The third-order valence-corrected chi connectivity index (χ3v) is 6.53. The molecule has 26 heavy (non-hydrogen) atoms. The highest BCUT2D eigenvalue weighted by molar-refractivity contribution is 7.89. The van der Waals surface area contributed by atoms with E-state index in [0.717, 1.165) is 18.7 Å². The van der Waals surface area contributed by atoms with E-state index in [2.05, 4.69) is 22.4 Å². The van der Waals surface area contributed by atoms with E-state index < -0.39 is 10.0 Å². The molecule has 2 rings (SSSR count). The van der Waals surface area contributed by atoms with E-state index in [4.69, 9.17) is 4.52 Å². The zero-order valence-corrected chi connectivity index (χ0v) is 16.6. The first-order valence-electron chi connectivity index (χ1n) is 9.53. The monoisotopic (exact) mass is 386 g/mol. The fourth-order valence-corrected chi connectivity index (χ4v) is 4.62. The first kappa shape index (κ1) is 20.8. The Morgan fingerprint density at radius 3 is 2.62 bits per heavy atom. The lowest BCUT2D eigenvalue weighted by molar-refractivity contribution is -0.122. The molecule has 0 bridgehead atoms. The van der Waals surface area contributed by atoms with E-state index in [0.29, 0.717) is 57.5 Å². The predicted molar refractivity (Wildman–Crippen MR) is 98.0 cm³/mol. The molecule has 148 valence electrons. The summed E-state index contributed by atoms with van der Waals surface area (Å²) in [5.41, 5.74) is 0. The number of carbonyl (C=O) groups is 1. The van der Waals surface area contributed by atoms with Gasteiger partial charge in [-0.15, -0.1) is 0 Å². The Bertz CT molecular complexity index is 666. The van der Waals surface area contributed by atoms with Gasteiger partial charge in [0.2, 0.25) is 21.8 Å². The van der Waals surface area contributed by atoms with Gasteiger partial charge in [-0.1, -0.05) is 19.0 Å². The van der Waals surface area contributed by atoms with Crippen LogP contribution in [0.25, 0.3) is 0 Å². The van der Waals surface area contributed by atoms with Gasteiger partial charge in [-0.2, -0.15) is 4.98 Å².